The normalized spacial score (nSPS) is 15.4. The predicted octanol–water partition coefficient (Wildman–Crippen LogP) is 7.99. The molecule has 4 aromatic heterocycles. The van der Waals surface area contributed by atoms with Crippen LogP contribution in [0.5, 0.6) is 5.75 Å². The van der Waals surface area contributed by atoms with Gasteiger partial charge in [-0.15, -0.1) is 0 Å². The SMILES string of the molecule is Cc1nc2c(cc(-c3ccnc(-c4ccc(N5CCCC5)nc4)c3)n2C)c(-c2cc(F)c3c(c2C)CCCO3)c1[C@H](OC(C)(C)C)C(=O)O. The fraction of sp³-hybridized carbons (Fsp3) is 0.385. The summed E-state index contributed by atoms with van der Waals surface area (Å²) in [7, 11) is 1.94. The van der Waals surface area contributed by atoms with Crippen molar-refractivity contribution in [2.45, 2.75) is 72.0 Å². The third-order valence-electron chi connectivity index (χ3n) is 9.60. The smallest absolute Gasteiger partial charge is 0.337 e. The van der Waals surface area contributed by atoms with Crippen molar-refractivity contribution < 1.29 is 23.8 Å². The standard InChI is InChI=1S/C39H42FN5O4/c1-22-26-10-9-17-48-35(26)29(40)19-27(22)34-28-20-31(44(6)37(28)43-23(2)33(34)36(38(46)47)49-39(3,4)5)24-13-14-41-30(18-24)25-11-12-32(42-21-25)45-15-7-8-16-45/h11-14,18-21,36H,7-10,15-17H2,1-6H3,(H,46,47)/t36-/m0/s1. The summed E-state index contributed by atoms with van der Waals surface area (Å²) in [6.07, 6.45) is 6.13. The number of carboxylic acids is 1. The monoisotopic (exact) mass is 663 g/mol. The van der Waals surface area contributed by atoms with Crippen molar-refractivity contribution in [1.82, 2.24) is 19.5 Å². The zero-order valence-corrected chi connectivity index (χ0v) is 28.9. The summed E-state index contributed by atoms with van der Waals surface area (Å²) in [6.45, 7) is 11.7. The fourth-order valence-corrected chi connectivity index (χ4v) is 7.27. The van der Waals surface area contributed by atoms with Crippen molar-refractivity contribution in [2.75, 3.05) is 24.6 Å². The van der Waals surface area contributed by atoms with Gasteiger partial charge in [0.05, 0.1) is 23.6 Å². The zero-order valence-electron chi connectivity index (χ0n) is 28.9. The summed E-state index contributed by atoms with van der Waals surface area (Å²) in [6, 6.07) is 11.6. The maximum absolute atomic E-state index is 15.8. The number of carbonyl (C=O) groups is 1. The lowest BCUT2D eigenvalue weighted by Crippen LogP contribution is -2.28. The van der Waals surface area contributed by atoms with Crippen LogP contribution >= 0.6 is 0 Å². The number of hydrogen-bond donors (Lipinski definition) is 1. The molecule has 1 atom stereocenters. The predicted molar refractivity (Wildman–Crippen MR) is 189 cm³/mol. The van der Waals surface area contributed by atoms with Crippen LogP contribution in [0.4, 0.5) is 10.2 Å². The number of ether oxygens (including phenoxy) is 2. The molecule has 2 aliphatic rings. The lowest BCUT2D eigenvalue weighted by atomic mass is 9.86. The van der Waals surface area contributed by atoms with Crippen LogP contribution in [0.25, 0.3) is 44.7 Å². The topological polar surface area (TPSA) is 103 Å². The highest BCUT2D eigenvalue weighted by atomic mass is 19.1. The van der Waals surface area contributed by atoms with Gasteiger partial charge in [0.2, 0.25) is 0 Å². The molecule has 1 fully saturated rings. The largest absolute Gasteiger partial charge is 0.490 e. The van der Waals surface area contributed by atoms with Gasteiger partial charge in [-0.05, 0) is 108 Å². The summed E-state index contributed by atoms with van der Waals surface area (Å²) >= 11 is 0. The number of halogens is 1. The van der Waals surface area contributed by atoms with E-state index in [1.54, 1.807) is 13.1 Å². The third-order valence-corrected chi connectivity index (χ3v) is 9.60. The second-order valence-corrected chi connectivity index (χ2v) is 14.1. The third kappa shape index (κ3) is 6.03. The Morgan fingerprint density at radius 3 is 2.51 bits per heavy atom. The van der Waals surface area contributed by atoms with Crippen LogP contribution < -0.4 is 9.64 Å². The lowest BCUT2D eigenvalue weighted by Gasteiger charge is -2.29. The van der Waals surface area contributed by atoms with E-state index in [4.69, 9.17) is 19.4 Å². The fourth-order valence-electron chi connectivity index (χ4n) is 7.27. The summed E-state index contributed by atoms with van der Waals surface area (Å²) in [5.41, 5.74) is 7.09. The van der Waals surface area contributed by atoms with E-state index >= 15 is 4.39 Å². The quantitative estimate of drug-likeness (QED) is 0.187. The molecular weight excluding hydrogens is 621 g/mol. The number of hydrogen-bond acceptors (Lipinski definition) is 7. The number of fused-ring (bicyclic) bond motifs is 2. The minimum Gasteiger partial charge on any atom is -0.490 e. The van der Waals surface area contributed by atoms with Crippen LogP contribution in [-0.4, -0.2) is 55.9 Å². The molecule has 7 rings (SSSR count). The molecule has 254 valence electrons. The van der Waals surface area contributed by atoms with Crippen molar-refractivity contribution in [2.24, 2.45) is 7.05 Å². The van der Waals surface area contributed by atoms with Crippen LogP contribution in [0, 0.1) is 19.7 Å². The van der Waals surface area contributed by atoms with E-state index in [1.807, 2.05) is 63.7 Å². The van der Waals surface area contributed by atoms with E-state index in [-0.39, 0.29) is 5.75 Å². The molecule has 1 N–H and O–H groups in total. The van der Waals surface area contributed by atoms with Crippen LogP contribution in [0.1, 0.15) is 68.5 Å². The van der Waals surface area contributed by atoms with Gasteiger partial charge in [0, 0.05) is 71.4 Å². The number of carboxylic acid groups (broad SMARTS) is 1. The summed E-state index contributed by atoms with van der Waals surface area (Å²) in [5, 5.41) is 11.3. The average molecular weight is 664 g/mol. The molecule has 6 heterocycles. The van der Waals surface area contributed by atoms with Gasteiger partial charge < -0.3 is 24.0 Å². The van der Waals surface area contributed by atoms with Gasteiger partial charge in [-0.2, -0.15) is 0 Å². The molecule has 5 aromatic rings. The lowest BCUT2D eigenvalue weighted by molar-refractivity contribution is -0.160. The molecule has 49 heavy (non-hydrogen) atoms. The molecule has 10 heteroatoms. The van der Waals surface area contributed by atoms with Gasteiger partial charge in [0.25, 0.3) is 0 Å². The van der Waals surface area contributed by atoms with E-state index < -0.39 is 23.5 Å². The average Bonchev–Trinajstić information content (AvgIpc) is 3.73. The van der Waals surface area contributed by atoms with Gasteiger partial charge in [0.15, 0.2) is 17.7 Å². The van der Waals surface area contributed by atoms with E-state index in [0.29, 0.717) is 46.4 Å². The van der Waals surface area contributed by atoms with E-state index in [0.717, 1.165) is 59.0 Å². The Hall–Kier alpha value is -4.83. The second kappa shape index (κ2) is 12.6. The van der Waals surface area contributed by atoms with E-state index in [9.17, 15) is 9.90 Å². The van der Waals surface area contributed by atoms with Crippen LogP contribution in [-0.2, 0) is 23.0 Å². The molecular formula is C39H42FN5O4. The van der Waals surface area contributed by atoms with Crippen molar-refractivity contribution in [1.29, 1.82) is 0 Å². The Kier molecular flexibility index (Phi) is 8.39. The summed E-state index contributed by atoms with van der Waals surface area (Å²) < 4.78 is 29.8. The first kappa shape index (κ1) is 32.7. The van der Waals surface area contributed by atoms with Crippen LogP contribution in [0.15, 0.2) is 48.8 Å². The van der Waals surface area contributed by atoms with Gasteiger partial charge >= 0.3 is 5.97 Å². The van der Waals surface area contributed by atoms with Gasteiger partial charge in [0.1, 0.15) is 11.5 Å². The molecule has 0 aliphatic carbocycles. The first-order valence-corrected chi connectivity index (χ1v) is 16.9. The number of pyridine rings is 3. The number of rotatable bonds is 7. The Labute approximate surface area is 285 Å². The van der Waals surface area contributed by atoms with Crippen LogP contribution in [0.3, 0.4) is 0 Å². The molecule has 1 saturated heterocycles. The zero-order chi connectivity index (χ0) is 34.6. The highest BCUT2D eigenvalue weighted by molar-refractivity contribution is 6.01. The molecule has 0 amide bonds. The molecule has 0 spiro atoms. The van der Waals surface area contributed by atoms with Crippen molar-refractivity contribution in [3.05, 3.63) is 77.0 Å². The molecule has 9 nitrogen and oxygen atoms in total. The minimum absolute atomic E-state index is 0.276. The minimum atomic E-state index is -1.34. The molecule has 0 bridgehead atoms. The Bertz CT molecular complexity index is 2080. The van der Waals surface area contributed by atoms with Crippen LogP contribution in [0.2, 0.25) is 0 Å². The van der Waals surface area contributed by atoms with Gasteiger partial charge in [-0.3, -0.25) is 4.98 Å². The number of nitrogens with zero attached hydrogens (tertiary/aromatic N) is 5. The molecule has 1 aromatic carbocycles. The Balaban J connectivity index is 1.43. The molecule has 0 radical (unpaired) electrons. The number of aromatic nitrogens is 4. The molecule has 0 saturated carbocycles. The first-order chi connectivity index (χ1) is 23.4. The van der Waals surface area contributed by atoms with Gasteiger partial charge in [-0.1, -0.05) is 0 Å². The number of benzene rings is 1. The maximum atomic E-state index is 15.8. The Morgan fingerprint density at radius 1 is 1.04 bits per heavy atom. The number of aryl methyl sites for hydroxylation is 2. The second-order valence-electron chi connectivity index (χ2n) is 14.1. The molecule has 2 aliphatic heterocycles. The van der Waals surface area contributed by atoms with Crippen molar-refractivity contribution in [3.8, 4) is 39.4 Å². The van der Waals surface area contributed by atoms with Gasteiger partial charge in [-0.25, -0.2) is 19.2 Å². The summed E-state index contributed by atoms with van der Waals surface area (Å²) in [5.74, 6) is -0.352. The highest BCUT2D eigenvalue weighted by Crippen LogP contribution is 2.45. The Morgan fingerprint density at radius 2 is 1.82 bits per heavy atom. The van der Waals surface area contributed by atoms with E-state index in [2.05, 4.69) is 22.0 Å². The molecule has 0 unspecified atom stereocenters. The highest BCUT2D eigenvalue weighted by Gasteiger charge is 2.34. The first-order valence-electron chi connectivity index (χ1n) is 16.9. The summed E-state index contributed by atoms with van der Waals surface area (Å²) in [4.78, 5) is 29.6. The number of aliphatic carboxylic acids is 1. The number of anilines is 1. The van der Waals surface area contributed by atoms with Crippen molar-refractivity contribution >= 4 is 22.8 Å². The van der Waals surface area contributed by atoms with Crippen molar-refractivity contribution in [3.63, 3.8) is 0 Å². The van der Waals surface area contributed by atoms with E-state index in [1.165, 1.54) is 18.9 Å². The maximum Gasteiger partial charge on any atom is 0.337 e.